The van der Waals surface area contributed by atoms with Crippen LogP contribution in [0.15, 0.2) is 42.6 Å². The molecule has 0 bridgehead atoms. The van der Waals surface area contributed by atoms with Crippen LogP contribution in [0.3, 0.4) is 0 Å². The summed E-state index contributed by atoms with van der Waals surface area (Å²) in [6.07, 6.45) is 1.17. The molecule has 1 fully saturated rings. The number of ether oxygens (including phenoxy) is 1. The molecule has 1 aromatic carbocycles. The van der Waals surface area contributed by atoms with Gasteiger partial charge in [0.25, 0.3) is 5.69 Å². The maximum Gasteiger partial charge on any atom is 0.287 e. The average Bonchev–Trinajstić information content (AvgIpc) is 2.69. The van der Waals surface area contributed by atoms with E-state index in [2.05, 4.69) is 15.2 Å². The second-order valence-corrected chi connectivity index (χ2v) is 6.18. The summed E-state index contributed by atoms with van der Waals surface area (Å²) in [5.74, 6) is 0.287. The minimum absolute atomic E-state index is 0.0794. The Kier molecular flexibility index (Phi) is 5.82. The van der Waals surface area contributed by atoms with Gasteiger partial charge in [-0.1, -0.05) is 0 Å². The molecule has 9 heteroatoms. The number of nitrogens with one attached hydrogen (secondary N) is 1. The van der Waals surface area contributed by atoms with E-state index in [9.17, 15) is 14.9 Å². The lowest BCUT2D eigenvalue weighted by Gasteiger charge is -2.28. The second-order valence-electron chi connectivity index (χ2n) is 6.18. The summed E-state index contributed by atoms with van der Waals surface area (Å²) in [4.78, 5) is 30.3. The van der Waals surface area contributed by atoms with Gasteiger partial charge in [-0.05, 0) is 30.3 Å². The van der Waals surface area contributed by atoms with Crippen LogP contribution in [0, 0.1) is 10.1 Å². The third-order valence-corrected chi connectivity index (χ3v) is 4.24. The number of anilines is 3. The van der Waals surface area contributed by atoms with Gasteiger partial charge in [-0.2, -0.15) is 0 Å². The normalized spacial score (nSPS) is 13.9. The Labute approximate surface area is 156 Å². The molecule has 0 radical (unpaired) electrons. The van der Waals surface area contributed by atoms with Crippen LogP contribution in [0.2, 0.25) is 0 Å². The number of aromatic nitrogens is 1. The number of pyridine rings is 1. The fourth-order valence-corrected chi connectivity index (χ4v) is 2.79. The maximum atomic E-state index is 12.2. The molecule has 0 aliphatic carbocycles. The summed E-state index contributed by atoms with van der Waals surface area (Å²) in [6.45, 7) is 3.25. The highest BCUT2D eigenvalue weighted by atomic mass is 16.6. The number of nitro groups is 1. The first-order valence-corrected chi connectivity index (χ1v) is 8.57. The van der Waals surface area contributed by atoms with Crippen molar-refractivity contribution in [3.63, 3.8) is 0 Å². The number of amides is 1. The lowest BCUT2D eigenvalue weighted by Crippen LogP contribution is -2.36. The highest BCUT2D eigenvalue weighted by Gasteiger charge is 2.13. The zero-order valence-electron chi connectivity index (χ0n) is 15.0. The minimum Gasteiger partial charge on any atom is -0.378 e. The van der Waals surface area contributed by atoms with Crippen molar-refractivity contribution in [1.82, 2.24) is 4.98 Å². The first-order valence-electron chi connectivity index (χ1n) is 8.57. The van der Waals surface area contributed by atoms with Crippen LogP contribution in [-0.2, 0) is 9.53 Å². The summed E-state index contributed by atoms with van der Waals surface area (Å²) in [7, 11) is 1.70. The van der Waals surface area contributed by atoms with Crippen molar-refractivity contribution < 1.29 is 14.5 Å². The van der Waals surface area contributed by atoms with Gasteiger partial charge in [0, 0.05) is 37.6 Å². The fraction of sp³-hybridized carbons (Fsp3) is 0.333. The van der Waals surface area contributed by atoms with Crippen LogP contribution in [0.1, 0.15) is 0 Å². The SMILES string of the molecule is CN(CC(=O)Nc1ccc(N2CCOCC2)cc1)c1ccc([N+](=O)[O-])cn1. The van der Waals surface area contributed by atoms with Gasteiger partial charge >= 0.3 is 0 Å². The number of morpholine rings is 1. The number of carbonyl (C=O) groups is 1. The van der Waals surface area contributed by atoms with E-state index < -0.39 is 4.92 Å². The number of carbonyl (C=O) groups excluding carboxylic acids is 1. The molecule has 0 atom stereocenters. The van der Waals surface area contributed by atoms with Crippen LogP contribution in [0.25, 0.3) is 0 Å². The molecule has 3 rings (SSSR count). The molecular formula is C18H21N5O4. The molecule has 1 amide bonds. The Bertz CT molecular complexity index is 788. The van der Waals surface area contributed by atoms with Crippen molar-refractivity contribution in [2.75, 3.05) is 55.0 Å². The van der Waals surface area contributed by atoms with Crippen LogP contribution in [-0.4, -0.2) is 55.7 Å². The molecule has 0 unspecified atom stereocenters. The lowest BCUT2D eigenvalue weighted by molar-refractivity contribution is -0.385. The molecule has 27 heavy (non-hydrogen) atoms. The molecule has 0 saturated carbocycles. The quantitative estimate of drug-likeness (QED) is 0.611. The predicted molar refractivity (Wildman–Crippen MR) is 102 cm³/mol. The molecule has 2 heterocycles. The Morgan fingerprint density at radius 3 is 2.56 bits per heavy atom. The highest BCUT2D eigenvalue weighted by Crippen LogP contribution is 2.19. The third kappa shape index (κ3) is 4.91. The second kappa shape index (κ2) is 8.45. The molecule has 1 N–H and O–H groups in total. The van der Waals surface area contributed by atoms with E-state index in [0.29, 0.717) is 11.5 Å². The van der Waals surface area contributed by atoms with Crippen molar-refractivity contribution in [3.8, 4) is 0 Å². The van der Waals surface area contributed by atoms with E-state index in [-0.39, 0.29) is 18.1 Å². The summed E-state index contributed by atoms with van der Waals surface area (Å²) in [5, 5.41) is 13.5. The number of likely N-dealkylation sites (N-methyl/N-ethyl adjacent to an activating group) is 1. The molecule has 1 aliphatic heterocycles. The van der Waals surface area contributed by atoms with Crippen molar-refractivity contribution in [3.05, 3.63) is 52.7 Å². The predicted octanol–water partition coefficient (Wildman–Crippen LogP) is 1.90. The van der Waals surface area contributed by atoms with Crippen LogP contribution >= 0.6 is 0 Å². The monoisotopic (exact) mass is 371 g/mol. The number of hydrogen-bond acceptors (Lipinski definition) is 7. The van der Waals surface area contributed by atoms with Gasteiger partial charge in [0.05, 0.1) is 24.7 Å². The molecule has 0 spiro atoms. The zero-order valence-corrected chi connectivity index (χ0v) is 15.0. The molecule has 2 aromatic rings. The first-order chi connectivity index (χ1) is 13.0. The van der Waals surface area contributed by atoms with Crippen molar-refractivity contribution in [1.29, 1.82) is 0 Å². The highest BCUT2D eigenvalue weighted by molar-refractivity contribution is 5.94. The Morgan fingerprint density at radius 1 is 1.26 bits per heavy atom. The zero-order chi connectivity index (χ0) is 19.2. The van der Waals surface area contributed by atoms with E-state index in [1.807, 2.05) is 24.3 Å². The maximum absolute atomic E-state index is 12.2. The molecule has 9 nitrogen and oxygen atoms in total. The fourth-order valence-electron chi connectivity index (χ4n) is 2.79. The van der Waals surface area contributed by atoms with E-state index in [4.69, 9.17) is 4.74 Å². The van der Waals surface area contributed by atoms with Gasteiger partial charge in [-0.15, -0.1) is 0 Å². The van der Waals surface area contributed by atoms with Crippen molar-refractivity contribution >= 4 is 28.8 Å². The minimum atomic E-state index is -0.510. The number of rotatable bonds is 6. The molecule has 1 aromatic heterocycles. The standard InChI is InChI=1S/C18H21N5O4/c1-21(17-7-6-16(12-19-17)23(25)26)13-18(24)20-14-2-4-15(5-3-14)22-8-10-27-11-9-22/h2-7,12H,8-11,13H2,1H3,(H,20,24). The Hall–Kier alpha value is -3.20. The summed E-state index contributed by atoms with van der Waals surface area (Å²) >= 11 is 0. The van der Waals surface area contributed by atoms with Gasteiger partial charge in [-0.3, -0.25) is 14.9 Å². The van der Waals surface area contributed by atoms with E-state index in [1.54, 1.807) is 11.9 Å². The van der Waals surface area contributed by atoms with Gasteiger partial charge in [0.15, 0.2) is 0 Å². The smallest absolute Gasteiger partial charge is 0.287 e. The summed E-state index contributed by atoms with van der Waals surface area (Å²) < 4.78 is 5.35. The topological polar surface area (TPSA) is 101 Å². The first kappa shape index (κ1) is 18.6. The molecule has 142 valence electrons. The largest absolute Gasteiger partial charge is 0.378 e. The molecule has 1 saturated heterocycles. The molecule has 1 aliphatic rings. The number of nitrogens with zero attached hydrogens (tertiary/aromatic N) is 4. The van der Waals surface area contributed by atoms with Gasteiger partial charge in [-0.25, -0.2) is 4.98 Å². The van der Waals surface area contributed by atoms with Crippen molar-refractivity contribution in [2.24, 2.45) is 0 Å². The Morgan fingerprint density at radius 2 is 1.96 bits per heavy atom. The van der Waals surface area contributed by atoms with Gasteiger partial charge in [0.1, 0.15) is 12.0 Å². The van der Waals surface area contributed by atoms with E-state index >= 15 is 0 Å². The van der Waals surface area contributed by atoms with E-state index in [1.165, 1.54) is 18.3 Å². The van der Waals surface area contributed by atoms with Gasteiger partial charge < -0.3 is 19.9 Å². The van der Waals surface area contributed by atoms with Crippen molar-refractivity contribution in [2.45, 2.75) is 0 Å². The average molecular weight is 371 g/mol. The molecular weight excluding hydrogens is 350 g/mol. The van der Waals surface area contributed by atoms with Crippen LogP contribution in [0.5, 0.6) is 0 Å². The van der Waals surface area contributed by atoms with E-state index in [0.717, 1.165) is 32.0 Å². The van der Waals surface area contributed by atoms with Gasteiger partial charge in [0.2, 0.25) is 5.91 Å². The summed E-state index contributed by atoms with van der Waals surface area (Å²) in [5.41, 5.74) is 1.72. The summed E-state index contributed by atoms with van der Waals surface area (Å²) in [6, 6.07) is 10.6. The number of benzene rings is 1. The van der Waals surface area contributed by atoms with Crippen LogP contribution < -0.4 is 15.1 Å². The lowest BCUT2D eigenvalue weighted by atomic mass is 10.2. The van der Waals surface area contributed by atoms with Crippen LogP contribution in [0.4, 0.5) is 22.9 Å². The third-order valence-electron chi connectivity index (χ3n) is 4.24. The Balaban J connectivity index is 1.54. The number of hydrogen-bond donors (Lipinski definition) is 1.